The van der Waals surface area contributed by atoms with Crippen LogP contribution in [0.1, 0.15) is 64.8 Å². The van der Waals surface area contributed by atoms with Crippen LogP contribution in [0, 0.1) is 6.92 Å². The van der Waals surface area contributed by atoms with Crippen molar-refractivity contribution in [1.82, 2.24) is 14.5 Å². The lowest BCUT2D eigenvalue weighted by Crippen LogP contribution is -2.33. The van der Waals surface area contributed by atoms with Crippen molar-refractivity contribution < 1.29 is 19.4 Å². The molecule has 0 spiro atoms. The molecule has 1 N–H and O–H groups in total. The molecule has 4 aromatic rings. The number of benzene rings is 2. The molecule has 0 saturated carbocycles. The third kappa shape index (κ3) is 4.46. The molecule has 6 rings (SSSR count). The molecular weight excluding hydrogens is 490 g/mol. The molecule has 2 aliphatic rings. The summed E-state index contributed by atoms with van der Waals surface area (Å²) in [6, 6.07) is 11.9. The number of methoxy groups -OCH3 is 1. The molecule has 1 saturated heterocycles. The number of ether oxygens (including phenoxy) is 2. The Morgan fingerprint density at radius 1 is 1.23 bits per heavy atom. The number of pyridine rings is 1. The van der Waals surface area contributed by atoms with Crippen LogP contribution in [0.3, 0.4) is 0 Å². The Bertz CT molecular complexity index is 1590. The number of rotatable bonds is 6. The van der Waals surface area contributed by atoms with E-state index in [9.17, 15) is 9.90 Å². The minimum atomic E-state index is -0.161. The molecule has 0 radical (unpaired) electrons. The van der Waals surface area contributed by atoms with E-state index < -0.39 is 0 Å². The van der Waals surface area contributed by atoms with E-state index in [0.717, 1.165) is 54.6 Å². The van der Waals surface area contributed by atoms with Crippen LogP contribution in [0.4, 0.5) is 0 Å². The number of allylic oxidation sites excluding steroid dienone is 1. The Balaban J connectivity index is 1.38. The molecule has 1 atom stereocenters. The maximum atomic E-state index is 13.7. The third-order valence-corrected chi connectivity index (χ3v) is 8.01. The Kier molecular flexibility index (Phi) is 6.61. The fourth-order valence-corrected chi connectivity index (χ4v) is 6.02. The summed E-state index contributed by atoms with van der Waals surface area (Å²) in [4.78, 5) is 20.4. The van der Waals surface area contributed by atoms with Crippen LogP contribution in [0.5, 0.6) is 17.2 Å². The number of Topliss-reactive ketones (excluding diaryl/α,β-unsaturated/α-hetero) is 1. The zero-order valence-electron chi connectivity index (χ0n) is 22.6. The Morgan fingerprint density at radius 2 is 2.10 bits per heavy atom. The molecule has 0 amide bonds. The first-order chi connectivity index (χ1) is 19.0. The highest BCUT2D eigenvalue weighted by atomic mass is 16.5. The third-order valence-electron chi connectivity index (χ3n) is 8.01. The Labute approximate surface area is 228 Å². The highest BCUT2D eigenvalue weighted by molar-refractivity contribution is 6.16. The van der Waals surface area contributed by atoms with Gasteiger partial charge in [-0.1, -0.05) is 12.5 Å². The smallest absolute Gasteiger partial charge is 0.232 e. The molecule has 0 aliphatic carbocycles. The number of phenolic OH excluding ortho intramolecular Hbond substituents is 1. The predicted molar refractivity (Wildman–Crippen MR) is 151 cm³/mol. The molecule has 1 fully saturated rings. The molecule has 200 valence electrons. The lowest BCUT2D eigenvalue weighted by molar-refractivity contribution is 0.101. The average molecular weight is 524 g/mol. The van der Waals surface area contributed by atoms with Crippen molar-refractivity contribution in [2.24, 2.45) is 0 Å². The number of fused-ring (bicyclic) bond motifs is 2. The standard InChI is InChI=1S/C32H33N3O4/c1-4-34-18-22(24-16-23(38-3)10-11-27(24)34)15-29-31(37)30-20(2)14-28(36)25(32(30)39-29)19-35-13-6-5-9-26(35)21-8-7-12-33-17-21/h7-8,10-12,14-18,26,36H,4-6,9,13,19H2,1-3H3/b29-15-/t26-/m0/s1. The van der Waals surface area contributed by atoms with E-state index in [2.05, 4.69) is 27.4 Å². The molecule has 7 nitrogen and oxygen atoms in total. The van der Waals surface area contributed by atoms with Gasteiger partial charge in [-0.3, -0.25) is 14.7 Å². The van der Waals surface area contributed by atoms with Gasteiger partial charge in [0, 0.05) is 54.2 Å². The number of aromatic hydroxyl groups is 1. The number of carbonyl (C=O) groups is 1. The Morgan fingerprint density at radius 3 is 2.87 bits per heavy atom. The summed E-state index contributed by atoms with van der Waals surface area (Å²) >= 11 is 0. The summed E-state index contributed by atoms with van der Waals surface area (Å²) in [6.07, 6.45) is 10.8. The highest BCUT2D eigenvalue weighted by Crippen LogP contribution is 2.44. The first-order valence-electron chi connectivity index (χ1n) is 13.6. The zero-order chi connectivity index (χ0) is 27.1. The van der Waals surface area contributed by atoms with Gasteiger partial charge in [0.25, 0.3) is 0 Å². The SMILES string of the molecule is CCn1cc(/C=C2\Oc3c(CN4CCCC[C@H]4c4cccnc4)c(O)cc(C)c3C2=O)c2cc(OC)ccc21. The summed E-state index contributed by atoms with van der Waals surface area (Å²) in [5.41, 5.74) is 5.01. The quantitative estimate of drug-likeness (QED) is 0.294. The fraction of sp³-hybridized carbons (Fsp3) is 0.312. The van der Waals surface area contributed by atoms with E-state index in [1.165, 1.54) is 5.56 Å². The van der Waals surface area contributed by atoms with Crippen LogP contribution in [0.25, 0.3) is 17.0 Å². The van der Waals surface area contributed by atoms with Gasteiger partial charge < -0.3 is 19.1 Å². The number of hydrogen-bond donors (Lipinski definition) is 1. The second-order valence-corrected chi connectivity index (χ2v) is 10.4. The van der Waals surface area contributed by atoms with Crippen molar-refractivity contribution in [3.63, 3.8) is 0 Å². The second-order valence-electron chi connectivity index (χ2n) is 10.4. The van der Waals surface area contributed by atoms with Gasteiger partial charge in [0.05, 0.1) is 18.2 Å². The zero-order valence-corrected chi connectivity index (χ0v) is 22.6. The van der Waals surface area contributed by atoms with Gasteiger partial charge >= 0.3 is 0 Å². The first kappa shape index (κ1) is 25.2. The van der Waals surface area contributed by atoms with Gasteiger partial charge in [-0.2, -0.15) is 0 Å². The minimum Gasteiger partial charge on any atom is -0.507 e. The van der Waals surface area contributed by atoms with E-state index in [0.29, 0.717) is 29.0 Å². The molecule has 39 heavy (non-hydrogen) atoms. The van der Waals surface area contributed by atoms with E-state index in [1.807, 2.05) is 49.7 Å². The number of aryl methyl sites for hydroxylation is 2. The summed E-state index contributed by atoms with van der Waals surface area (Å²) in [5, 5.41) is 12.1. The number of phenols is 1. The Hall–Kier alpha value is -4.10. The minimum absolute atomic E-state index is 0.156. The number of piperidine rings is 1. The average Bonchev–Trinajstić information content (AvgIpc) is 3.48. The first-order valence-corrected chi connectivity index (χ1v) is 13.6. The van der Waals surface area contributed by atoms with Crippen molar-refractivity contribution >= 4 is 22.8 Å². The number of hydrogen-bond acceptors (Lipinski definition) is 6. The van der Waals surface area contributed by atoms with Crippen LogP contribution in [-0.4, -0.2) is 39.0 Å². The van der Waals surface area contributed by atoms with Gasteiger partial charge in [0.15, 0.2) is 5.76 Å². The largest absolute Gasteiger partial charge is 0.507 e. The van der Waals surface area contributed by atoms with Crippen LogP contribution in [0.15, 0.2) is 60.7 Å². The number of ketones is 1. The van der Waals surface area contributed by atoms with Gasteiger partial charge in [-0.25, -0.2) is 0 Å². The number of aromatic nitrogens is 2. The van der Waals surface area contributed by atoms with Crippen LogP contribution in [0.2, 0.25) is 0 Å². The second kappa shape index (κ2) is 10.2. The normalized spacial score (nSPS) is 18.5. The van der Waals surface area contributed by atoms with Crippen molar-refractivity contribution in [1.29, 1.82) is 0 Å². The van der Waals surface area contributed by atoms with Crippen LogP contribution >= 0.6 is 0 Å². The lowest BCUT2D eigenvalue weighted by atomic mass is 9.94. The van der Waals surface area contributed by atoms with Gasteiger partial charge in [-0.15, -0.1) is 0 Å². The highest BCUT2D eigenvalue weighted by Gasteiger charge is 2.35. The van der Waals surface area contributed by atoms with Crippen molar-refractivity contribution in [2.45, 2.75) is 52.2 Å². The van der Waals surface area contributed by atoms with E-state index >= 15 is 0 Å². The maximum absolute atomic E-state index is 13.7. The molecule has 0 unspecified atom stereocenters. The topological polar surface area (TPSA) is 76.8 Å². The number of carbonyl (C=O) groups excluding carboxylic acids is 1. The van der Waals surface area contributed by atoms with E-state index in [1.54, 1.807) is 19.4 Å². The summed E-state index contributed by atoms with van der Waals surface area (Å²) in [7, 11) is 1.65. The van der Waals surface area contributed by atoms with Gasteiger partial charge in [0.2, 0.25) is 5.78 Å². The van der Waals surface area contributed by atoms with E-state index in [-0.39, 0.29) is 23.3 Å². The van der Waals surface area contributed by atoms with Gasteiger partial charge in [-0.05, 0) is 80.8 Å². The molecule has 4 heterocycles. The molecule has 0 bridgehead atoms. The molecule has 2 aliphatic heterocycles. The molecule has 2 aromatic heterocycles. The maximum Gasteiger partial charge on any atom is 0.232 e. The monoisotopic (exact) mass is 523 g/mol. The van der Waals surface area contributed by atoms with Crippen molar-refractivity contribution in [3.8, 4) is 17.2 Å². The number of likely N-dealkylation sites (tertiary alicyclic amines) is 1. The van der Waals surface area contributed by atoms with Crippen LogP contribution < -0.4 is 9.47 Å². The summed E-state index contributed by atoms with van der Waals surface area (Å²) in [5.74, 6) is 1.48. The number of nitrogens with zero attached hydrogens (tertiary/aromatic N) is 3. The molecular formula is C32H33N3O4. The van der Waals surface area contributed by atoms with Crippen molar-refractivity contribution in [3.05, 3.63) is 88.6 Å². The lowest BCUT2D eigenvalue weighted by Gasteiger charge is -2.36. The van der Waals surface area contributed by atoms with E-state index in [4.69, 9.17) is 9.47 Å². The predicted octanol–water partition coefficient (Wildman–Crippen LogP) is 6.42. The fourth-order valence-electron chi connectivity index (χ4n) is 6.02. The summed E-state index contributed by atoms with van der Waals surface area (Å²) < 4.78 is 13.9. The van der Waals surface area contributed by atoms with Gasteiger partial charge in [0.1, 0.15) is 17.2 Å². The molecule has 7 heteroatoms. The van der Waals surface area contributed by atoms with Crippen LogP contribution in [-0.2, 0) is 13.1 Å². The molecule has 2 aromatic carbocycles. The summed E-state index contributed by atoms with van der Waals surface area (Å²) in [6.45, 7) is 6.12. The van der Waals surface area contributed by atoms with Crippen molar-refractivity contribution in [2.75, 3.05) is 13.7 Å².